The third kappa shape index (κ3) is 43.0. The number of nitrogens with zero attached hydrogens (tertiary/aromatic N) is 2. The number of hydrogen-bond acceptors (Lipinski definition) is 0. The molecule has 48 heavy (non-hydrogen) atoms. The normalized spacial score (nSPS) is 11.9. The smallest absolute Gasteiger partial charge is 0.0782 e. The average molecular weight is 811 g/mol. The lowest BCUT2D eigenvalue weighted by atomic mass is 10.0. The van der Waals surface area contributed by atoms with Crippen molar-refractivity contribution in [3.05, 3.63) is 0 Å². The SMILES string of the molecule is CCCCCCCCCCCCCCCC[N+](C)(C)CCCCCCCC[N+](C)(C)CCCCCCCCCCCCCCCC.[Br-].[Br-]. The van der Waals surface area contributed by atoms with Crippen molar-refractivity contribution in [2.45, 2.75) is 232 Å². The van der Waals surface area contributed by atoms with Gasteiger partial charge in [-0.2, -0.15) is 0 Å². The van der Waals surface area contributed by atoms with Crippen LogP contribution in [0.4, 0.5) is 0 Å². The van der Waals surface area contributed by atoms with E-state index in [0.717, 1.165) is 0 Å². The molecule has 0 aliphatic heterocycles. The summed E-state index contributed by atoms with van der Waals surface area (Å²) in [5.41, 5.74) is 0. The second kappa shape index (κ2) is 40.6. The lowest BCUT2D eigenvalue weighted by Crippen LogP contribution is -3.00. The summed E-state index contributed by atoms with van der Waals surface area (Å²) in [6.07, 6.45) is 49.5. The molecule has 0 aromatic rings. The topological polar surface area (TPSA) is 0 Å². The zero-order valence-electron chi connectivity index (χ0n) is 34.5. The van der Waals surface area contributed by atoms with Gasteiger partial charge >= 0.3 is 0 Å². The van der Waals surface area contributed by atoms with Gasteiger partial charge in [0.2, 0.25) is 0 Å². The molecule has 0 aromatic carbocycles. The first-order valence-electron chi connectivity index (χ1n) is 22.0. The van der Waals surface area contributed by atoms with Gasteiger partial charge in [0.15, 0.2) is 0 Å². The molecule has 0 unspecified atom stereocenters. The van der Waals surface area contributed by atoms with Crippen LogP contribution in [0.3, 0.4) is 0 Å². The predicted octanol–water partition coefficient (Wildman–Crippen LogP) is 8.45. The van der Waals surface area contributed by atoms with Crippen LogP contribution >= 0.6 is 0 Å². The highest BCUT2D eigenvalue weighted by Crippen LogP contribution is 2.16. The van der Waals surface area contributed by atoms with E-state index in [1.54, 1.807) is 0 Å². The second-order valence-corrected chi connectivity index (χ2v) is 17.1. The first-order valence-corrected chi connectivity index (χ1v) is 22.0. The largest absolute Gasteiger partial charge is 1.00 e. The maximum Gasteiger partial charge on any atom is 0.0782 e. The molecule has 0 rings (SSSR count). The van der Waals surface area contributed by atoms with Crippen LogP contribution in [0.5, 0.6) is 0 Å². The Labute approximate surface area is 327 Å². The summed E-state index contributed by atoms with van der Waals surface area (Å²) < 4.78 is 2.48. The number of hydrogen-bond donors (Lipinski definition) is 0. The Balaban J connectivity index is -0.0000101. The first kappa shape index (κ1) is 53.2. The molecular weight excluding hydrogens is 716 g/mol. The Morgan fingerprint density at radius 3 is 0.479 bits per heavy atom. The van der Waals surface area contributed by atoms with E-state index in [-0.39, 0.29) is 34.0 Å². The quantitative estimate of drug-likeness (QED) is 0.0432. The van der Waals surface area contributed by atoms with Crippen molar-refractivity contribution < 1.29 is 42.9 Å². The van der Waals surface area contributed by atoms with E-state index in [2.05, 4.69) is 42.0 Å². The molecule has 4 heteroatoms. The molecule has 0 bridgehead atoms. The maximum atomic E-state index is 2.47. The number of quaternary nitrogens is 2. The summed E-state index contributed by atoms with van der Waals surface area (Å²) in [5.74, 6) is 0. The average Bonchev–Trinajstić information content (AvgIpc) is 3.02. The summed E-state index contributed by atoms with van der Waals surface area (Å²) in [4.78, 5) is 0. The fourth-order valence-corrected chi connectivity index (χ4v) is 7.48. The summed E-state index contributed by atoms with van der Waals surface area (Å²) in [6, 6.07) is 0. The van der Waals surface area contributed by atoms with Gasteiger partial charge in [0.25, 0.3) is 0 Å². The van der Waals surface area contributed by atoms with Crippen LogP contribution in [0, 0.1) is 0 Å². The Morgan fingerprint density at radius 1 is 0.208 bits per heavy atom. The molecule has 2 nitrogen and oxygen atoms in total. The lowest BCUT2D eigenvalue weighted by Gasteiger charge is -2.30. The summed E-state index contributed by atoms with van der Waals surface area (Å²) in [6.45, 7) is 10.1. The van der Waals surface area contributed by atoms with Crippen molar-refractivity contribution in [3.63, 3.8) is 0 Å². The second-order valence-electron chi connectivity index (χ2n) is 17.1. The predicted molar refractivity (Wildman–Crippen MR) is 212 cm³/mol. The van der Waals surface area contributed by atoms with E-state index in [4.69, 9.17) is 0 Å². The summed E-state index contributed by atoms with van der Waals surface area (Å²) in [7, 11) is 9.89. The van der Waals surface area contributed by atoms with Gasteiger partial charge in [-0.3, -0.25) is 0 Å². The van der Waals surface area contributed by atoms with Crippen LogP contribution in [0.25, 0.3) is 0 Å². The Hall–Kier alpha value is 0.880. The van der Waals surface area contributed by atoms with E-state index >= 15 is 0 Å². The molecule has 0 amide bonds. The Kier molecular flexibility index (Phi) is 45.1. The molecule has 294 valence electrons. The molecule has 0 radical (unpaired) electrons. The number of halogens is 2. The van der Waals surface area contributed by atoms with Crippen LogP contribution in [-0.2, 0) is 0 Å². The van der Waals surface area contributed by atoms with E-state index in [0.29, 0.717) is 0 Å². The van der Waals surface area contributed by atoms with Crippen LogP contribution in [0.2, 0.25) is 0 Å². The van der Waals surface area contributed by atoms with E-state index < -0.39 is 0 Å². The van der Waals surface area contributed by atoms with Crippen LogP contribution in [0.1, 0.15) is 232 Å². The molecule has 0 N–H and O–H groups in total. The zero-order chi connectivity index (χ0) is 33.9. The number of rotatable bonds is 39. The van der Waals surface area contributed by atoms with Crippen molar-refractivity contribution in [3.8, 4) is 0 Å². The van der Waals surface area contributed by atoms with Gasteiger partial charge < -0.3 is 42.9 Å². The molecule has 0 saturated carbocycles. The van der Waals surface area contributed by atoms with Gasteiger partial charge in [0, 0.05) is 0 Å². The van der Waals surface area contributed by atoms with Crippen molar-refractivity contribution >= 4 is 0 Å². The highest BCUT2D eigenvalue weighted by Gasteiger charge is 2.15. The molecule has 0 aliphatic rings. The summed E-state index contributed by atoms with van der Waals surface area (Å²) >= 11 is 0. The standard InChI is InChI=1S/C44H94N2.2BrH/c1-7-9-11-13-15-17-19-21-23-25-27-29-33-37-41-45(3,4)43-39-35-31-32-36-40-44-46(5,6)42-38-34-30-28-26-24-22-20-18-16-14-12-10-8-2;;/h7-44H2,1-6H3;2*1H/q+2;;/p-2. The number of unbranched alkanes of at least 4 members (excludes halogenated alkanes) is 31. The van der Waals surface area contributed by atoms with Gasteiger partial charge in [-0.05, 0) is 51.4 Å². The van der Waals surface area contributed by atoms with E-state index in [9.17, 15) is 0 Å². The molecule has 0 aliphatic carbocycles. The molecule has 0 aromatic heterocycles. The Morgan fingerprint density at radius 2 is 0.333 bits per heavy atom. The molecule has 0 atom stereocenters. The Bertz CT molecular complexity index is 530. The van der Waals surface area contributed by atoms with Crippen LogP contribution < -0.4 is 34.0 Å². The third-order valence-electron chi connectivity index (χ3n) is 11.0. The van der Waals surface area contributed by atoms with Crippen molar-refractivity contribution in [2.24, 2.45) is 0 Å². The first-order chi connectivity index (χ1) is 22.3. The van der Waals surface area contributed by atoms with Crippen LogP contribution in [-0.4, -0.2) is 63.3 Å². The fraction of sp³-hybridized carbons (Fsp3) is 1.00. The molecule has 0 saturated heterocycles. The van der Waals surface area contributed by atoms with Gasteiger partial charge in [-0.15, -0.1) is 0 Å². The third-order valence-corrected chi connectivity index (χ3v) is 11.0. The van der Waals surface area contributed by atoms with E-state index in [1.165, 1.54) is 253 Å². The van der Waals surface area contributed by atoms with Gasteiger partial charge in [-0.1, -0.05) is 181 Å². The molecule has 0 spiro atoms. The van der Waals surface area contributed by atoms with E-state index in [1.807, 2.05) is 0 Å². The monoisotopic (exact) mass is 809 g/mol. The summed E-state index contributed by atoms with van der Waals surface area (Å²) in [5, 5.41) is 0. The minimum Gasteiger partial charge on any atom is -1.00 e. The highest BCUT2D eigenvalue weighted by molar-refractivity contribution is 4.52. The van der Waals surface area contributed by atoms with Crippen molar-refractivity contribution in [1.82, 2.24) is 0 Å². The van der Waals surface area contributed by atoms with Gasteiger partial charge in [-0.25, -0.2) is 0 Å². The minimum atomic E-state index is 0. The van der Waals surface area contributed by atoms with Crippen molar-refractivity contribution in [1.29, 1.82) is 0 Å². The minimum absolute atomic E-state index is 0. The zero-order valence-corrected chi connectivity index (χ0v) is 37.7. The van der Waals surface area contributed by atoms with Gasteiger partial charge in [0.05, 0.1) is 54.4 Å². The molecule has 0 heterocycles. The van der Waals surface area contributed by atoms with Crippen LogP contribution in [0.15, 0.2) is 0 Å². The maximum absolute atomic E-state index is 2.47. The fourth-order valence-electron chi connectivity index (χ4n) is 7.48. The lowest BCUT2D eigenvalue weighted by molar-refractivity contribution is -0.890. The van der Waals surface area contributed by atoms with Gasteiger partial charge in [0.1, 0.15) is 0 Å². The van der Waals surface area contributed by atoms with Crippen molar-refractivity contribution in [2.75, 3.05) is 54.4 Å². The molecule has 0 fully saturated rings. The molecular formula is C44H94Br2N2. The highest BCUT2D eigenvalue weighted by atomic mass is 79.9.